The minimum absolute atomic E-state index is 0.0970. The lowest BCUT2D eigenvalue weighted by Crippen LogP contribution is -2.56. The molecule has 0 bridgehead atoms. The van der Waals surface area contributed by atoms with Crippen molar-refractivity contribution in [1.82, 2.24) is 9.80 Å². The molecule has 1 unspecified atom stereocenters. The molecule has 142 valence electrons. The Bertz CT molecular complexity index is 852. The van der Waals surface area contributed by atoms with E-state index in [1.807, 2.05) is 4.90 Å². The van der Waals surface area contributed by atoms with Crippen molar-refractivity contribution in [3.05, 3.63) is 65.5 Å². The maximum atomic E-state index is 13.7. The summed E-state index contributed by atoms with van der Waals surface area (Å²) in [5.41, 5.74) is 2.78. The molecule has 1 fully saturated rings. The van der Waals surface area contributed by atoms with E-state index in [1.54, 1.807) is 18.2 Å². The molecule has 2 aromatic carbocycles. The first-order valence-electron chi connectivity index (χ1n) is 9.44. The van der Waals surface area contributed by atoms with Crippen molar-refractivity contribution in [2.45, 2.75) is 25.3 Å². The van der Waals surface area contributed by atoms with Crippen LogP contribution in [0.3, 0.4) is 0 Å². The Kier molecular flexibility index (Phi) is 4.64. The number of para-hydroxylation sites is 1. The van der Waals surface area contributed by atoms with E-state index in [2.05, 4.69) is 43.0 Å². The highest BCUT2D eigenvalue weighted by Gasteiger charge is 2.40. The van der Waals surface area contributed by atoms with E-state index in [0.717, 1.165) is 13.1 Å². The summed E-state index contributed by atoms with van der Waals surface area (Å²) in [6.07, 6.45) is 0. The molecule has 2 heterocycles. The molecule has 27 heavy (non-hydrogen) atoms. The second-order valence-corrected chi connectivity index (χ2v) is 8.02. The lowest BCUT2D eigenvalue weighted by atomic mass is 9.75. The topological polar surface area (TPSA) is 32.8 Å². The maximum absolute atomic E-state index is 13.7. The number of rotatable bonds is 3. The molecule has 1 atom stereocenters. The van der Waals surface area contributed by atoms with Gasteiger partial charge >= 0.3 is 0 Å². The lowest BCUT2D eigenvalue weighted by molar-refractivity contribution is -0.137. The van der Waals surface area contributed by atoms with Gasteiger partial charge in [-0.25, -0.2) is 4.39 Å². The predicted octanol–water partition coefficient (Wildman–Crippen LogP) is 3.38. The van der Waals surface area contributed by atoms with E-state index in [1.165, 1.54) is 17.2 Å². The number of fused-ring (bicyclic) bond motifs is 3. The van der Waals surface area contributed by atoms with Crippen LogP contribution in [0.25, 0.3) is 0 Å². The lowest BCUT2D eigenvalue weighted by Gasteiger charge is -2.50. The van der Waals surface area contributed by atoms with Crippen LogP contribution >= 0.6 is 0 Å². The summed E-state index contributed by atoms with van der Waals surface area (Å²) < 4.78 is 19.1. The van der Waals surface area contributed by atoms with Crippen LogP contribution in [0.1, 0.15) is 31.0 Å². The van der Waals surface area contributed by atoms with Gasteiger partial charge in [-0.1, -0.05) is 50.2 Å². The van der Waals surface area contributed by atoms with Gasteiger partial charge in [0.15, 0.2) is 18.2 Å². The molecular formula is C22H25FN2O2. The molecule has 0 spiro atoms. The highest BCUT2D eigenvalue weighted by molar-refractivity contribution is 5.78. The van der Waals surface area contributed by atoms with Crippen LogP contribution in [-0.4, -0.2) is 48.5 Å². The SMILES string of the molecule is CC1(C)CN2CCN(C(=O)COc3ccccc3F)CC2c2ccccc21. The van der Waals surface area contributed by atoms with Gasteiger partial charge in [-0.3, -0.25) is 9.69 Å². The molecule has 2 aliphatic rings. The highest BCUT2D eigenvalue weighted by atomic mass is 19.1. The summed E-state index contributed by atoms with van der Waals surface area (Å²) in [7, 11) is 0. The number of benzene rings is 2. The van der Waals surface area contributed by atoms with Gasteiger partial charge in [0.1, 0.15) is 0 Å². The van der Waals surface area contributed by atoms with Crippen LogP contribution < -0.4 is 4.74 Å². The first-order chi connectivity index (χ1) is 13.0. The van der Waals surface area contributed by atoms with Crippen LogP contribution in [-0.2, 0) is 10.2 Å². The molecule has 1 amide bonds. The summed E-state index contributed by atoms with van der Waals surface area (Å²) >= 11 is 0. The molecule has 0 aromatic heterocycles. The van der Waals surface area contributed by atoms with Crippen LogP contribution in [0.2, 0.25) is 0 Å². The van der Waals surface area contributed by atoms with Gasteiger partial charge in [0.05, 0.1) is 6.04 Å². The van der Waals surface area contributed by atoms with Crippen molar-refractivity contribution in [1.29, 1.82) is 0 Å². The van der Waals surface area contributed by atoms with E-state index >= 15 is 0 Å². The van der Waals surface area contributed by atoms with Crippen LogP contribution in [0, 0.1) is 5.82 Å². The minimum Gasteiger partial charge on any atom is -0.481 e. The average molecular weight is 368 g/mol. The number of amides is 1. The number of halogens is 1. The third-order valence-corrected chi connectivity index (χ3v) is 5.68. The Labute approximate surface area is 159 Å². The Morgan fingerprint density at radius 3 is 2.70 bits per heavy atom. The first kappa shape index (κ1) is 18.0. The Morgan fingerprint density at radius 2 is 1.89 bits per heavy atom. The van der Waals surface area contributed by atoms with Gasteiger partial charge in [0.2, 0.25) is 0 Å². The van der Waals surface area contributed by atoms with Crippen LogP contribution in [0.5, 0.6) is 5.75 Å². The smallest absolute Gasteiger partial charge is 0.260 e. The number of hydrogen-bond donors (Lipinski definition) is 0. The number of carbonyl (C=O) groups excluding carboxylic acids is 1. The van der Waals surface area contributed by atoms with Gasteiger partial charge in [-0.15, -0.1) is 0 Å². The molecular weight excluding hydrogens is 343 g/mol. The largest absolute Gasteiger partial charge is 0.481 e. The minimum atomic E-state index is -0.446. The van der Waals surface area contributed by atoms with Gasteiger partial charge in [0, 0.05) is 31.6 Å². The molecule has 2 aromatic rings. The van der Waals surface area contributed by atoms with Crippen molar-refractivity contribution in [3.8, 4) is 5.75 Å². The van der Waals surface area contributed by atoms with Crippen LogP contribution in [0.4, 0.5) is 4.39 Å². The second kappa shape index (κ2) is 6.97. The molecule has 1 saturated heterocycles. The highest BCUT2D eigenvalue weighted by Crippen LogP contribution is 2.40. The maximum Gasteiger partial charge on any atom is 0.260 e. The summed E-state index contributed by atoms with van der Waals surface area (Å²) in [6.45, 7) is 7.57. The number of piperazine rings is 1. The fourth-order valence-corrected chi connectivity index (χ4v) is 4.32. The molecule has 4 nitrogen and oxygen atoms in total. The number of nitrogens with zero attached hydrogens (tertiary/aromatic N) is 2. The quantitative estimate of drug-likeness (QED) is 0.833. The normalized spacial score (nSPS) is 21.3. The first-order valence-corrected chi connectivity index (χ1v) is 9.44. The Hall–Kier alpha value is -2.40. The van der Waals surface area contributed by atoms with E-state index in [-0.39, 0.29) is 29.7 Å². The van der Waals surface area contributed by atoms with Crippen molar-refractivity contribution in [2.24, 2.45) is 0 Å². The molecule has 0 N–H and O–H groups in total. The van der Waals surface area contributed by atoms with Crippen molar-refractivity contribution >= 4 is 5.91 Å². The summed E-state index contributed by atoms with van der Waals surface area (Å²) in [5, 5.41) is 0. The second-order valence-electron chi connectivity index (χ2n) is 8.02. The fraction of sp³-hybridized carbons (Fsp3) is 0.409. The number of hydrogen-bond acceptors (Lipinski definition) is 3. The average Bonchev–Trinajstić information content (AvgIpc) is 2.67. The van der Waals surface area contributed by atoms with Gasteiger partial charge in [-0.05, 0) is 23.3 Å². The Balaban J connectivity index is 1.47. The van der Waals surface area contributed by atoms with Gasteiger partial charge in [0.25, 0.3) is 5.91 Å². The summed E-state index contributed by atoms with van der Waals surface area (Å²) in [6, 6.07) is 14.9. The van der Waals surface area contributed by atoms with Crippen LogP contribution in [0.15, 0.2) is 48.5 Å². The molecule has 0 aliphatic carbocycles. The standard InChI is InChI=1S/C22H25FN2O2/c1-22(2)15-25-12-11-24(13-19(25)16-7-3-4-8-17(16)22)21(26)14-27-20-10-6-5-9-18(20)23/h3-10,19H,11-15H2,1-2H3. The zero-order valence-corrected chi connectivity index (χ0v) is 15.8. The fourth-order valence-electron chi connectivity index (χ4n) is 4.32. The van der Waals surface area contributed by atoms with Crippen molar-refractivity contribution in [2.75, 3.05) is 32.8 Å². The van der Waals surface area contributed by atoms with E-state index < -0.39 is 5.82 Å². The van der Waals surface area contributed by atoms with Crippen molar-refractivity contribution in [3.63, 3.8) is 0 Å². The van der Waals surface area contributed by atoms with E-state index in [4.69, 9.17) is 4.74 Å². The van der Waals surface area contributed by atoms with Gasteiger partial charge < -0.3 is 9.64 Å². The van der Waals surface area contributed by atoms with Crippen molar-refractivity contribution < 1.29 is 13.9 Å². The molecule has 2 aliphatic heterocycles. The van der Waals surface area contributed by atoms with E-state index in [0.29, 0.717) is 13.1 Å². The molecule has 4 rings (SSSR count). The Morgan fingerprint density at radius 1 is 1.15 bits per heavy atom. The third kappa shape index (κ3) is 3.44. The van der Waals surface area contributed by atoms with E-state index in [9.17, 15) is 9.18 Å². The monoisotopic (exact) mass is 368 g/mol. The molecule has 0 saturated carbocycles. The summed E-state index contributed by atoms with van der Waals surface area (Å²) in [4.78, 5) is 17.0. The third-order valence-electron chi connectivity index (χ3n) is 5.68. The zero-order chi connectivity index (χ0) is 19.0. The molecule has 0 radical (unpaired) electrons. The zero-order valence-electron chi connectivity index (χ0n) is 15.8. The predicted molar refractivity (Wildman–Crippen MR) is 102 cm³/mol. The number of carbonyl (C=O) groups is 1. The summed E-state index contributed by atoms with van der Waals surface area (Å²) in [5.74, 6) is -0.423. The van der Waals surface area contributed by atoms with Gasteiger partial charge in [-0.2, -0.15) is 0 Å². The molecule has 5 heteroatoms. The number of ether oxygens (including phenoxy) is 1.